The first-order chi connectivity index (χ1) is 16.6. The summed E-state index contributed by atoms with van der Waals surface area (Å²) in [6.45, 7) is 4.78. The van der Waals surface area contributed by atoms with Crippen LogP contribution in [0.25, 0.3) is 0 Å². The fourth-order valence-electron chi connectivity index (χ4n) is 3.42. The molecule has 0 aliphatic carbocycles. The van der Waals surface area contributed by atoms with Crippen LogP contribution in [-0.4, -0.2) is 78.1 Å². The van der Waals surface area contributed by atoms with Crippen LogP contribution in [0.2, 0.25) is 0 Å². The Morgan fingerprint density at radius 2 is 1.29 bits per heavy atom. The van der Waals surface area contributed by atoms with E-state index < -0.39 is 47.9 Å². The molecule has 0 aromatic heterocycles. The number of carboxylic acids is 1. The van der Waals surface area contributed by atoms with Crippen LogP contribution in [-0.2, 0) is 19.2 Å². The first-order valence-corrected chi connectivity index (χ1v) is 13.7. The molecule has 0 spiro atoms. The third kappa shape index (κ3) is 15.0. The molecule has 0 aliphatic rings. The van der Waals surface area contributed by atoms with Crippen LogP contribution < -0.4 is 33.2 Å². The number of carboxylic acid groups (broad SMARTS) is 1. The van der Waals surface area contributed by atoms with E-state index in [2.05, 4.69) is 16.0 Å². The van der Waals surface area contributed by atoms with Crippen molar-refractivity contribution in [1.29, 1.82) is 0 Å². The molecule has 204 valence electrons. The molecule has 0 bridgehead atoms. The maximum atomic E-state index is 13.1. The minimum atomic E-state index is -1.13. The summed E-state index contributed by atoms with van der Waals surface area (Å²) in [5, 5.41) is 17.4. The van der Waals surface area contributed by atoms with Gasteiger partial charge in [-0.1, -0.05) is 20.3 Å². The predicted molar refractivity (Wildman–Crippen MR) is 140 cm³/mol. The van der Waals surface area contributed by atoms with E-state index in [1.807, 2.05) is 20.1 Å². The average molecular weight is 519 g/mol. The van der Waals surface area contributed by atoms with E-state index in [9.17, 15) is 24.3 Å². The first kappa shape index (κ1) is 33.1. The number of nitrogens with one attached hydrogen (secondary N) is 3. The van der Waals surface area contributed by atoms with Crippen LogP contribution in [0.15, 0.2) is 0 Å². The van der Waals surface area contributed by atoms with Gasteiger partial charge in [0.25, 0.3) is 0 Å². The van der Waals surface area contributed by atoms with Gasteiger partial charge in [-0.15, -0.1) is 0 Å². The Kier molecular flexibility index (Phi) is 18.3. The summed E-state index contributed by atoms with van der Waals surface area (Å²) in [5.74, 6) is -1.99. The molecule has 0 aliphatic heterocycles. The lowest BCUT2D eigenvalue weighted by Crippen LogP contribution is -2.57. The van der Waals surface area contributed by atoms with E-state index in [0.29, 0.717) is 57.4 Å². The van der Waals surface area contributed by atoms with Gasteiger partial charge in [-0.25, -0.2) is 4.79 Å². The molecule has 11 nitrogen and oxygen atoms in total. The monoisotopic (exact) mass is 518 g/mol. The Balaban J connectivity index is 5.41. The predicted octanol–water partition coefficient (Wildman–Crippen LogP) is -0.0901. The number of carbonyl (C=O) groups is 4. The molecule has 0 aromatic carbocycles. The van der Waals surface area contributed by atoms with Crippen molar-refractivity contribution in [2.24, 2.45) is 23.1 Å². The van der Waals surface area contributed by atoms with Gasteiger partial charge in [0.15, 0.2) is 0 Å². The van der Waals surface area contributed by atoms with Gasteiger partial charge < -0.3 is 38.3 Å². The summed E-state index contributed by atoms with van der Waals surface area (Å²) in [4.78, 5) is 50.2. The van der Waals surface area contributed by atoms with Crippen LogP contribution in [0.4, 0.5) is 0 Å². The largest absolute Gasteiger partial charge is 0.480 e. The van der Waals surface area contributed by atoms with E-state index >= 15 is 0 Å². The van der Waals surface area contributed by atoms with Crippen molar-refractivity contribution in [2.75, 3.05) is 25.1 Å². The highest BCUT2D eigenvalue weighted by Crippen LogP contribution is 2.09. The maximum Gasteiger partial charge on any atom is 0.326 e. The van der Waals surface area contributed by atoms with Crippen molar-refractivity contribution >= 4 is 35.5 Å². The van der Waals surface area contributed by atoms with Crippen LogP contribution >= 0.6 is 11.8 Å². The number of nitrogens with two attached hydrogens (primary N) is 3. The van der Waals surface area contributed by atoms with Crippen LogP contribution in [0, 0.1) is 5.92 Å². The zero-order valence-electron chi connectivity index (χ0n) is 21.4. The number of hydrogen-bond donors (Lipinski definition) is 7. The Bertz CT molecular complexity index is 652. The zero-order chi connectivity index (χ0) is 26.8. The number of aliphatic carboxylic acids is 1. The number of rotatable bonds is 20. The van der Waals surface area contributed by atoms with Crippen LogP contribution in [0.3, 0.4) is 0 Å². The molecule has 0 saturated heterocycles. The molecular weight excluding hydrogens is 472 g/mol. The second-order valence-electron chi connectivity index (χ2n) is 9.11. The molecule has 0 rings (SSSR count). The van der Waals surface area contributed by atoms with Gasteiger partial charge in [0, 0.05) is 0 Å². The smallest absolute Gasteiger partial charge is 0.326 e. The molecular formula is C23H46N6O5S. The van der Waals surface area contributed by atoms with E-state index in [0.717, 1.165) is 6.42 Å². The lowest BCUT2D eigenvalue weighted by molar-refractivity contribution is -0.142. The quantitative estimate of drug-likeness (QED) is 0.107. The summed E-state index contributed by atoms with van der Waals surface area (Å²) in [6, 6.07) is -3.64. The second kappa shape index (κ2) is 19.3. The summed E-state index contributed by atoms with van der Waals surface area (Å²) < 4.78 is 0. The molecule has 3 amide bonds. The molecule has 0 fully saturated rings. The number of unbranched alkanes of at least 4 members (excludes halogenated alkanes) is 2. The Hall–Kier alpha value is -1.89. The molecule has 35 heavy (non-hydrogen) atoms. The highest BCUT2D eigenvalue weighted by atomic mass is 32.2. The first-order valence-electron chi connectivity index (χ1n) is 12.4. The summed E-state index contributed by atoms with van der Waals surface area (Å²) in [7, 11) is 0. The lowest BCUT2D eigenvalue weighted by atomic mass is 10.0. The van der Waals surface area contributed by atoms with Gasteiger partial charge in [-0.3, -0.25) is 14.4 Å². The van der Waals surface area contributed by atoms with E-state index in [4.69, 9.17) is 17.2 Å². The average Bonchev–Trinajstić information content (AvgIpc) is 2.79. The molecule has 0 saturated carbocycles. The Morgan fingerprint density at radius 3 is 1.80 bits per heavy atom. The number of amides is 3. The van der Waals surface area contributed by atoms with Gasteiger partial charge in [0.05, 0.1) is 6.04 Å². The van der Waals surface area contributed by atoms with E-state index in [1.54, 1.807) is 0 Å². The molecule has 4 unspecified atom stereocenters. The van der Waals surface area contributed by atoms with Crippen LogP contribution in [0.1, 0.15) is 65.2 Å². The van der Waals surface area contributed by atoms with Crippen molar-refractivity contribution in [2.45, 2.75) is 89.4 Å². The Morgan fingerprint density at radius 1 is 0.771 bits per heavy atom. The minimum Gasteiger partial charge on any atom is -0.480 e. The fraction of sp³-hybridized carbons (Fsp3) is 0.826. The number of thioether (sulfide) groups is 1. The molecule has 0 aromatic rings. The topological polar surface area (TPSA) is 203 Å². The van der Waals surface area contributed by atoms with Crippen molar-refractivity contribution in [3.8, 4) is 0 Å². The highest BCUT2D eigenvalue weighted by molar-refractivity contribution is 7.98. The highest BCUT2D eigenvalue weighted by Gasteiger charge is 2.30. The summed E-state index contributed by atoms with van der Waals surface area (Å²) >= 11 is 1.48. The van der Waals surface area contributed by atoms with Gasteiger partial charge in [-0.05, 0) is 76.0 Å². The van der Waals surface area contributed by atoms with Crippen molar-refractivity contribution < 1.29 is 24.3 Å². The zero-order valence-corrected chi connectivity index (χ0v) is 22.2. The lowest BCUT2D eigenvalue weighted by Gasteiger charge is -2.26. The third-order valence-corrected chi connectivity index (χ3v) is 6.10. The fourth-order valence-corrected chi connectivity index (χ4v) is 3.89. The second-order valence-corrected chi connectivity index (χ2v) is 10.1. The maximum absolute atomic E-state index is 13.1. The molecule has 0 heterocycles. The third-order valence-electron chi connectivity index (χ3n) is 5.45. The van der Waals surface area contributed by atoms with E-state index in [-0.39, 0.29) is 12.3 Å². The van der Waals surface area contributed by atoms with Gasteiger partial charge >= 0.3 is 5.97 Å². The normalized spacial score (nSPS) is 14.6. The van der Waals surface area contributed by atoms with Crippen molar-refractivity contribution in [3.63, 3.8) is 0 Å². The summed E-state index contributed by atoms with van der Waals surface area (Å²) in [5.41, 5.74) is 17.0. The van der Waals surface area contributed by atoms with Gasteiger partial charge in [0.1, 0.15) is 18.1 Å². The molecule has 4 atom stereocenters. The number of hydrogen-bond acceptors (Lipinski definition) is 8. The minimum absolute atomic E-state index is 0.0898. The van der Waals surface area contributed by atoms with Crippen LogP contribution in [0.5, 0.6) is 0 Å². The van der Waals surface area contributed by atoms with Gasteiger partial charge in [-0.2, -0.15) is 11.8 Å². The van der Waals surface area contributed by atoms with Crippen molar-refractivity contribution in [3.05, 3.63) is 0 Å². The summed E-state index contributed by atoms with van der Waals surface area (Å²) in [6.07, 6.45) is 5.91. The molecule has 12 heteroatoms. The SMILES string of the molecule is CSCCC(NC(=O)C(CCCCN)NC(=O)C(CC(C)C)NC(=O)C(N)CCCCN)C(=O)O. The number of carbonyl (C=O) groups excluding carboxylic acids is 3. The molecule has 10 N–H and O–H groups in total. The van der Waals surface area contributed by atoms with Crippen molar-refractivity contribution in [1.82, 2.24) is 16.0 Å². The standard InChI is InChI=1S/C23H46N6O5S/c1-15(2)14-19(29-20(30)16(26)8-4-6-11-24)22(32)27-17(9-5-7-12-25)21(31)28-18(23(33)34)10-13-35-3/h15-19H,4-14,24-26H2,1-3H3,(H,27,32)(H,28,31)(H,29,30)(H,33,34). The van der Waals surface area contributed by atoms with E-state index in [1.165, 1.54) is 11.8 Å². The molecule has 0 radical (unpaired) electrons. The van der Waals surface area contributed by atoms with Gasteiger partial charge in [0.2, 0.25) is 17.7 Å². The Labute approximate surface area is 213 Å².